The summed E-state index contributed by atoms with van der Waals surface area (Å²) in [4.78, 5) is 12.6. The Morgan fingerprint density at radius 1 is 1.05 bits per heavy atom. The van der Waals surface area contributed by atoms with Gasteiger partial charge in [0.2, 0.25) is 0 Å². The van der Waals surface area contributed by atoms with Crippen molar-refractivity contribution in [2.75, 3.05) is 0 Å². The van der Waals surface area contributed by atoms with Crippen LogP contribution >= 0.6 is 0 Å². The number of ketones is 1. The lowest BCUT2D eigenvalue weighted by Crippen LogP contribution is -2.29. The lowest BCUT2D eigenvalue weighted by molar-refractivity contribution is -0.127. The van der Waals surface area contributed by atoms with E-state index < -0.39 is 0 Å². The third-order valence-corrected chi connectivity index (χ3v) is 5.21. The number of aryl methyl sites for hydroxylation is 1. The van der Waals surface area contributed by atoms with Crippen molar-refractivity contribution >= 4 is 16.7 Å². The van der Waals surface area contributed by atoms with E-state index in [1.165, 1.54) is 29.4 Å². The molecule has 1 fully saturated rings. The number of carbonyl (C=O) groups is 1. The second-order valence-corrected chi connectivity index (χ2v) is 6.42. The minimum Gasteiger partial charge on any atom is -0.345 e. The van der Waals surface area contributed by atoms with E-state index in [0.29, 0.717) is 11.7 Å². The van der Waals surface area contributed by atoms with Gasteiger partial charge < -0.3 is 4.57 Å². The fourth-order valence-electron chi connectivity index (χ4n) is 4.13. The van der Waals surface area contributed by atoms with E-state index >= 15 is 0 Å². The Kier molecular flexibility index (Phi) is 2.90. The summed E-state index contributed by atoms with van der Waals surface area (Å²) < 4.78 is 2.41. The van der Waals surface area contributed by atoms with E-state index in [4.69, 9.17) is 0 Å². The molecule has 2 nitrogen and oxygen atoms in total. The van der Waals surface area contributed by atoms with E-state index in [-0.39, 0.29) is 5.92 Å². The van der Waals surface area contributed by atoms with Gasteiger partial charge in [0.1, 0.15) is 5.78 Å². The summed E-state index contributed by atoms with van der Waals surface area (Å²) in [6.45, 7) is 1.01. The Labute approximate surface area is 119 Å². The van der Waals surface area contributed by atoms with Gasteiger partial charge in [0.15, 0.2) is 0 Å². The number of Topliss-reactive ketones (excluding diaryl/α,β-unsaturated/α-hetero) is 1. The molecule has 0 N–H and O–H groups in total. The predicted molar refractivity (Wildman–Crippen MR) is 80.7 cm³/mol. The molecule has 2 aromatic rings. The maximum absolute atomic E-state index is 12.6. The molecule has 0 radical (unpaired) electrons. The molecule has 20 heavy (non-hydrogen) atoms. The van der Waals surface area contributed by atoms with Crippen LogP contribution in [0.5, 0.6) is 0 Å². The van der Waals surface area contributed by atoms with Crippen molar-refractivity contribution in [3.8, 4) is 0 Å². The zero-order valence-electron chi connectivity index (χ0n) is 11.8. The number of hydrogen-bond donors (Lipinski definition) is 0. The summed E-state index contributed by atoms with van der Waals surface area (Å²) in [6, 6.07) is 10.8. The molecule has 0 bridgehead atoms. The maximum atomic E-state index is 12.6. The Bertz CT molecular complexity index is 648. The summed E-state index contributed by atoms with van der Waals surface area (Å²) in [7, 11) is 0. The zero-order chi connectivity index (χ0) is 13.5. The van der Waals surface area contributed by atoms with Crippen molar-refractivity contribution in [2.24, 2.45) is 11.8 Å². The van der Waals surface area contributed by atoms with Gasteiger partial charge in [-0.3, -0.25) is 4.79 Å². The van der Waals surface area contributed by atoms with E-state index in [2.05, 4.69) is 34.9 Å². The van der Waals surface area contributed by atoms with Crippen molar-refractivity contribution in [1.82, 2.24) is 4.57 Å². The van der Waals surface area contributed by atoms with Crippen LogP contribution in [0.2, 0.25) is 0 Å². The molecule has 1 aliphatic heterocycles. The van der Waals surface area contributed by atoms with Gasteiger partial charge in [-0.05, 0) is 43.2 Å². The van der Waals surface area contributed by atoms with Gasteiger partial charge in [-0.1, -0.05) is 31.0 Å². The lowest BCUT2D eigenvalue weighted by atomic mass is 9.84. The third kappa shape index (κ3) is 1.90. The number of nitrogens with zero attached hydrogens (tertiary/aromatic N) is 1. The summed E-state index contributed by atoms with van der Waals surface area (Å²) in [5, 5.41) is 1.32. The van der Waals surface area contributed by atoms with Crippen LogP contribution in [-0.4, -0.2) is 10.4 Å². The molecular weight excluding hydrogens is 246 g/mol. The topological polar surface area (TPSA) is 22.0 Å². The van der Waals surface area contributed by atoms with E-state index in [0.717, 1.165) is 32.2 Å². The molecule has 4 rings (SSSR count). The molecule has 1 aliphatic carbocycles. The number of para-hydroxylation sites is 1. The molecule has 0 amide bonds. The predicted octanol–water partition coefficient (Wildman–Crippen LogP) is 3.96. The van der Waals surface area contributed by atoms with Crippen molar-refractivity contribution in [3.63, 3.8) is 0 Å². The number of benzene rings is 1. The van der Waals surface area contributed by atoms with Crippen LogP contribution in [0.1, 0.15) is 37.8 Å². The Balaban J connectivity index is 1.61. The molecule has 1 aromatic carbocycles. The largest absolute Gasteiger partial charge is 0.345 e. The minimum absolute atomic E-state index is 0.273. The van der Waals surface area contributed by atoms with Crippen molar-refractivity contribution in [2.45, 2.75) is 45.1 Å². The first-order chi connectivity index (χ1) is 9.83. The average Bonchev–Trinajstić information content (AvgIpc) is 3.13. The highest BCUT2D eigenvalue weighted by atomic mass is 16.1. The highest BCUT2D eigenvalue weighted by Crippen LogP contribution is 2.33. The Morgan fingerprint density at radius 2 is 1.85 bits per heavy atom. The van der Waals surface area contributed by atoms with E-state index in [1.807, 2.05) is 0 Å². The highest BCUT2D eigenvalue weighted by Gasteiger charge is 2.32. The summed E-state index contributed by atoms with van der Waals surface area (Å²) in [5.74, 6) is 1.20. The SMILES string of the molecule is O=C(C1CCCC1)[C@H]1CCn2c(cc3ccccc32)C1. The lowest BCUT2D eigenvalue weighted by Gasteiger charge is -2.26. The van der Waals surface area contributed by atoms with Crippen molar-refractivity contribution < 1.29 is 4.79 Å². The van der Waals surface area contributed by atoms with E-state index in [1.54, 1.807) is 0 Å². The molecule has 2 aliphatic rings. The first-order valence-corrected chi connectivity index (χ1v) is 7.94. The number of aromatic nitrogens is 1. The fraction of sp³-hybridized carbons (Fsp3) is 0.500. The Hall–Kier alpha value is -1.57. The van der Waals surface area contributed by atoms with Crippen LogP contribution in [0.15, 0.2) is 30.3 Å². The number of carbonyl (C=O) groups excluding carboxylic acids is 1. The minimum atomic E-state index is 0.273. The summed E-state index contributed by atoms with van der Waals surface area (Å²) in [5.41, 5.74) is 2.68. The summed E-state index contributed by atoms with van der Waals surface area (Å²) >= 11 is 0. The van der Waals surface area contributed by atoms with Gasteiger partial charge in [-0.2, -0.15) is 0 Å². The first-order valence-electron chi connectivity index (χ1n) is 7.94. The van der Waals surface area contributed by atoms with Gasteiger partial charge in [0, 0.05) is 29.6 Å². The number of hydrogen-bond acceptors (Lipinski definition) is 1. The van der Waals surface area contributed by atoms with Gasteiger partial charge in [-0.25, -0.2) is 0 Å². The molecule has 0 saturated heterocycles. The molecule has 1 aromatic heterocycles. The monoisotopic (exact) mass is 267 g/mol. The smallest absolute Gasteiger partial charge is 0.139 e. The molecule has 2 heterocycles. The van der Waals surface area contributed by atoms with Gasteiger partial charge in [0.05, 0.1) is 0 Å². The van der Waals surface area contributed by atoms with Crippen molar-refractivity contribution in [1.29, 1.82) is 0 Å². The molecular formula is C18H21NO. The second kappa shape index (κ2) is 4.76. The molecule has 1 saturated carbocycles. The van der Waals surface area contributed by atoms with E-state index in [9.17, 15) is 4.79 Å². The molecule has 0 spiro atoms. The van der Waals surface area contributed by atoms with Gasteiger partial charge in [0.25, 0.3) is 0 Å². The summed E-state index contributed by atoms with van der Waals surface area (Å²) in [6.07, 6.45) is 6.76. The molecule has 1 atom stereocenters. The van der Waals surface area contributed by atoms with Crippen LogP contribution in [-0.2, 0) is 17.8 Å². The molecule has 104 valence electrons. The fourth-order valence-corrected chi connectivity index (χ4v) is 4.13. The number of fused-ring (bicyclic) bond motifs is 3. The zero-order valence-corrected chi connectivity index (χ0v) is 11.8. The van der Waals surface area contributed by atoms with Crippen LogP contribution in [0.25, 0.3) is 10.9 Å². The average molecular weight is 267 g/mol. The van der Waals surface area contributed by atoms with Crippen LogP contribution in [0, 0.1) is 11.8 Å². The maximum Gasteiger partial charge on any atom is 0.139 e. The van der Waals surface area contributed by atoms with Gasteiger partial charge >= 0.3 is 0 Å². The Morgan fingerprint density at radius 3 is 2.70 bits per heavy atom. The van der Waals surface area contributed by atoms with Crippen molar-refractivity contribution in [3.05, 3.63) is 36.0 Å². The molecule has 0 unspecified atom stereocenters. The number of rotatable bonds is 2. The quantitative estimate of drug-likeness (QED) is 0.807. The van der Waals surface area contributed by atoms with Crippen LogP contribution < -0.4 is 0 Å². The standard InChI is InChI=1S/C18H21NO/c20-18(13-5-1-2-6-13)15-9-10-19-16(12-15)11-14-7-3-4-8-17(14)19/h3-4,7-8,11,13,15H,1-2,5-6,9-10,12H2/t15-/m0/s1. The van der Waals surface area contributed by atoms with Gasteiger partial charge in [-0.15, -0.1) is 0 Å². The highest BCUT2D eigenvalue weighted by molar-refractivity contribution is 5.85. The third-order valence-electron chi connectivity index (χ3n) is 5.21. The second-order valence-electron chi connectivity index (χ2n) is 6.42. The molecule has 2 heteroatoms. The van der Waals surface area contributed by atoms with Crippen LogP contribution in [0.3, 0.4) is 0 Å². The first kappa shape index (κ1) is 12.2. The normalized spacial score (nSPS) is 23.1. The van der Waals surface area contributed by atoms with Crippen LogP contribution in [0.4, 0.5) is 0 Å².